The molecule has 0 atom stereocenters. The van der Waals surface area contributed by atoms with Crippen molar-refractivity contribution in [2.24, 2.45) is 0 Å². The first kappa shape index (κ1) is 14.8. The highest BCUT2D eigenvalue weighted by Crippen LogP contribution is 2.18. The van der Waals surface area contributed by atoms with Crippen LogP contribution in [0, 0.1) is 5.82 Å². The van der Waals surface area contributed by atoms with Gasteiger partial charge in [0.05, 0.1) is 4.90 Å². The zero-order chi connectivity index (χ0) is 14.8. The van der Waals surface area contributed by atoms with E-state index in [0.717, 1.165) is 6.26 Å². The number of rotatable bonds is 4. The van der Waals surface area contributed by atoms with Gasteiger partial charge in [-0.15, -0.1) is 0 Å². The van der Waals surface area contributed by atoms with E-state index in [0.29, 0.717) is 22.8 Å². The molecule has 1 N–H and O–H groups in total. The minimum atomic E-state index is -3.24. The summed E-state index contributed by atoms with van der Waals surface area (Å²) in [4.78, 5) is 0.236. The van der Waals surface area contributed by atoms with Gasteiger partial charge >= 0.3 is 0 Å². The Kier molecular flexibility index (Phi) is 4.30. The maximum atomic E-state index is 13.2. The summed E-state index contributed by atoms with van der Waals surface area (Å²) in [7, 11) is -3.24. The zero-order valence-corrected chi connectivity index (χ0v) is 12.3. The van der Waals surface area contributed by atoms with Crippen molar-refractivity contribution in [1.29, 1.82) is 0 Å². The molecule has 3 nitrogen and oxygen atoms in total. The predicted molar refractivity (Wildman–Crippen MR) is 78.3 cm³/mol. The van der Waals surface area contributed by atoms with Gasteiger partial charge in [0.1, 0.15) is 5.82 Å². The van der Waals surface area contributed by atoms with Gasteiger partial charge in [0.15, 0.2) is 9.84 Å². The molecule has 0 unspecified atom stereocenters. The van der Waals surface area contributed by atoms with Crippen molar-refractivity contribution >= 4 is 27.1 Å². The number of sulfone groups is 1. The van der Waals surface area contributed by atoms with Gasteiger partial charge in [-0.1, -0.05) is 17.7 Å². The van der Waals surface area contributed by atoms with E-state index < -0.39 is 15.7 Å². The molecule has 0 saturated carbocycles. The summed E-state index contributed by atoms with van der Waals surface area (Å²) in [6.45, 7) is 0.352. The third-order valence-electron chi connectivity index (χ3n) is 2.68. The molecule has 0 aliphatic carbocycles. The first-order valence-electron chi connectivity index (χ1n) is 5.83. The van der Waals surface area contributed by atoms with E-state index in [2.05, 4.69) is 5.32 Å². The maximum Gasteiger partial charge on any atom is 0.175 e. The molecular formula is C14H13ClFNO2S. The second-order valence-electron chi connectivity index (χ2n) is 4.43. The van der Waals surface area contributed by atoms with E-state index in [1.165, 1.54) is 24.3 Å². The van der Waals surface area contributed by atoms with E-state index in [4.69, 9.17) is 11.6 Å². The normalized spacial score (nSPS) is 11.3. The Morgan fingerprint density at radius 3 is 2.60 bits per heavy atom. The molecule has 6 heteroatoms. The van der Waals surface area contributed by atoms with E-state index in [1.54, 1.807) is 18.2 Å². The van der Waals surface area contributed by atoms with Crippen LogP contribution in [0.5, 0.6) is 0 Å². The van der Waals surface area contributed by atoms with E-state index in [1.807, 2.05) is 0 Å². The van der Waals surface area contributed by atoms with Gasteiger partial charge in [-0.2, -0.15) is 0 Å². The quantitative estimate of drug-likeness (QED) is 0.939. The van der Waals surface area contributed by atoms with Crippen LogP contribution < -0.4 is 5.32 Å². The fraction of sp³-hybridized carbons (Fsp3) is 0.143. The third-order valence-corrected chi connectivity index (χ3v) is 4.01. The minimum Gasteiger partial charge on any atom is -0.381 e. The second kappa shape index (κ2) is 5.81. The topological polar surface area (TPSA) is 46.2 Å². The SMILES string of the molecule is CS(=O)(=O)c1cccc(NCc2cc(F)cc(Cl)c2)c1. The Bertz CT molecular complexity index is 711. The molecule has 2 aromatic rings. The molecule has 0 amide bonds. The highest BCUT2D eigenvalue weighted by atomic mass is 35.5. The summed E-state index contributed by atoms with van der Waals surface area (Å²) in [5.41, 5.74) is 1.33. The molecule has 0 aliphatic heterocycles. The number of hydrogen-bond acceptors (Lipinski definition) is 3. The standard InChI is InChI=1S/C14H13ClFNO2S/c1-20(18,19)14-4-2-3-13(8-14)17-9-10-5-11(15)7-12(16)6-10/h2-8,17H,9H2,1H3. The zero-order valence-electron chi connectivity index (χ0n) is 10.7. The summed E-state index contributed by atoms with van der Waals surface area (Å²) < 4.78 is 36.1. The Labute approximate surface area is 122 Å². The van der Waals surface area contributed by atoms with Crippen LogP contribution in [0.1, 0.15) is 5.56 Å². The van der Waals surface area contributed by atoms with Gasteiger partial charge < -0.3 is 5.32 Å². The molecule has 106 valence electrons. The molecule has 0 fully saturated rings. The van der Waals surface area contributed by atoms with Gasteiger partial charge in [0, 0.05) is 23.5 Å². The monoisotopic (exact) mass is 313 g/mol. The van der Waals surface area contributed by atoms with Crippen molar-refractivity contribution in [3.63, 3.8) is 0 Å². The summed E-state index contributed by atoms with van der Waals surface area (Å²) in [5, 5.41) is 3.36. The lowest BCUT2D eigenvalue weighted by molar-refractivity contribution is 0.602. The lowest BCUT2D eigenvalue weighted by atomic mass is 10.2. The Morgan fingerprint density at radius 2 is 1.95 bits per heavy atom. The van der Waals surface area contributed by atoms with Crippen LogP contribution in [0.3, 0.4) is 0 Å². The highest BCUT2D eigenvalue weighted by Gasteiger charge is 2.07. The molecule has 0 saturated heterocycles. The van der Waals surface area contributed by atoms with Crippen LogP contribution in [0.25, 0.3) is 0 Å². The van der Waals surface area contributed by atoms with Crippen molar-refractivity contribution in [1.82, 2.24) is 0 Å². The first-order chi connectivity index (χ1) is 9.34. The van der Waals surface area contributed by atoms with E-state index >= 15 is 0 Å². The fourth-order valence-corrected chi connectivity index (χ4v) is 2.67. The first-order valence-corrected chi connectivity index (χ1v) is 8.10. The molecule has 2 rings (SSSR count). The molecular weight excluding hydrogens is 301 g/mol. The van der Waals surface area contributed by atoms with Gasteiger partial charge in [0.25, 0.3) is 0 Å². The van der Waals surface area contributed by atoms with E-state index in [-0.39, 0.29) is 4.90 Å². The largest absolute Gasteiger partial charge is 0.381 e. The van der Waals surface area contributed by atoms with Gasteiger partial charge in [-0.05, 0) is 42.0 Å². The summed E-state index contributed by atoms with van der Waals surface area (Å²) in [6, 6.07) is 10.7. The number of halogens is 2. The van der Waals surface area contributed by atoms with Crippen LogP contribution >= 0.6 is 11.6 Å². The van der Waals surface area contributed by atoms with Crippen molar-refractivity contribution in [3.8, 4) is 0 Å². The van der Waals surface area contributed by atoms with Gasteiger partial charge in [-0.3, -0.25) is 0 Å². The number of benzene rings is 2. The van der Waals surface area contributed by atoms with Crippen molar-refractivity contribution < 1.29 is 12.8 Å². The van der Waals surface area contributed by atoms with Crippen molar-refractivity contribution in [2.45, 2.75) is 11.4 Å². The van der Waals surface area contributed by atoms with Crippen LogP contribution in [-0.4, -0.2) is 14.7 Å². The van der Waals surface area contributed by atoms with Crippen LogP contribution in [-0.2, 0) is 16.4 Å². The average molecular weight is 314 g/mol. The average Bonchev–Trinajstić information content (AvgIpc) is 2.35. The fourth-order valence-electron chi connectivity index (χ4n) is 1.75. The smallest absolute Gasteiger partial charge is 0.175 e. The Morgan fingerprint density at radius 1 is 1.20 bits per heavy atom. The maximum absolute atomic E-state index is 13.2. The third kappa shape index (κ3) is 3.95. The predicted octanol–water partition coefficient (Wildman–Crippen LogP) is 3.49. The number of anilines is 1. The lowest BCUT2D eigenvalue weighted by Gasteiger charge is -2.08. The van der Waals surface area contributed by atoms with Crippen LogP contribution in [0.15, 0.2) is 47.4 Å². The number of hydrogen-bond donors (Lipinski definition) is 1. The molecule has 0 bridgehead atoms. The van der Waals surface area contributed by atoms with Gasteiger partial charge in [0.2, 0.25) is 0 Å². The summed E-state index contributed by atoms with van der Waals surface area (Å²) in [6.07, 6.45) is 1.15. The minimum absolute atomic E-state index is 0.236. The molecule has 2 aromatic carbocycles. The summed E-state index contributed by atoms with van der Waals surface area (Å²) >= 11 is 5.77. The van der Waals surface area contributed by atoms with Crippen LogP contribution in [0.4, 0.5) is 10.1 Å². The highest BCUT2D eigenvalue weighted by molar-refractivity contribution is 7.90. The Hall–Kier alpha value is -1.59. The lowest BCUT2D eigenvalue weighted by Crippen LogP contribution is -2.02. The van der Waals surface area contributed by atoms with E-state index in [9.17, 15) is 12.8 Å². The molecule has 0 radical (unpaired) electrons. The molecule has 0 aromatic heterocycles. The van der Waals surface area contributed by atoms with Crippen molar-refractivity contribution in [3.05, 3.63) is 58.9 Å². The second-order valence-corrected chi connectivity index (χ2v) is 6.88. The molecule has 0 aliphatic rings. The molecule has 0 heterocycles. The summed E-state index contributed by atoms with van der Waals surface area (Å²) in [5.74, 6) is -0.404. The molecule has 0 spiro atoms. The molecule has 20 heavy (non-hydrogen) atoms. The van der Waals surface area contributed by atoms with Crippen LogP contribution in [0.2, 0.25) is 5.02 Å². The number of nitrogens with one attached hydrogen (secondary N) is 1. The van der Waals surface area contributed by atoms with Crippen molar-refractivity contribution in [2.75, 3.05) is 11.6 Å². The Balaban J connectivity index is 2.15. The van der Waals surface area contributed by atoms with Gasteiger partial charge in [-0.25, -0.2) is 12.8 Å².